The van der Waals surface area contributed by atoms with Crippen LogP contribution in [0.5, 0.6) is 0 Å². The molecule has 1 aliphatic rings. The van der Waals surface area contributed by atoms with Gasteiger partial charge in [0.15, 0.2) is 0 Å². The Morgan fingerprint density at radius 1 is 1.37 bits per heavy atom. The van der Waals surface area contributed by atoms with Gasteiger partial charge in [-0.3, -0.25) is 0 Å². The molecule has 2 N–H and O–H groups in total. The Bertz CT molecular complexity index is 414. The number of urea groups is 1. The second kappa shape index (κ2) is 6.04. The summed E-state index contributed by atoms with van der Waals surface area (Å²) in [5, 5.41) is 13.1. The zero-order valence-electron chi connectivity index (χ0n) is 11.1. The summed E-state index contributed by atoms with van der Waals surface area (Å²) in [6.45, 7) is 4.22. The number of ether oxygens (including phenoxy) is 1. The Kier molecular flexibility index (Phi) is 4.39. The molecule has 0 aromatic heterocycles. The van der Waals surface area contributed by atoms with Crippen molar-refractivity contribution in [3.05, 3.63) is 35.9 Å². The van der Waals surface area contributed by atoms with E-state index in [1.165, 1.54) is 0 Å². The highest BCUT2D eigenvalue weighted by Crippen LogP contribution is 2.18. The third-order valence-corrected chi connectivity index (χ3v) is 3.28. The van der Waals surface area contributed by atoms with E-state index in [2.05, 4.69) is 5.32 Å². The molecule has 1 unspecified atom stereocenters. The molecule has 2 amide bonds. The van der Waals surface area contributed by atoms with Gasteiger partial charge < -0.3 is 20.1 Å². The lowest BCUT2D eigenvalue weighted by molar-refractivity contribution is 0.0423. The van der Waals surface area contributed by atoms with Crippen LogP contribution < -0.4 is 5.32 Å². The Balaban J connectivity index is 1.88. The average molecular weight is 264 g/mol. The standard InChI is InChI=1S/C14H20N2O3/c1-14(18,12-5-3-2-4-6-12)11-15-13(17)16-7-9-19-10-8-16/h2-6,18H,7-11H2,1H3,(H,15,17). The molecule has 5 heteroatoms. The molecular weight excluding hydrogens is 244 g/mol. The van der Waals surface area contributed by atoms with Crippen LogP contribution in [0.25, 0.3) is 0 Å². The van der Waals surface area contributed by atoms with E-state index in [4.69, 9.17) is 4.74 Å². The number of hydrogen-bond acceptors (Lipinski definition) is 3. The summed E-state index contributed by atoms with van der Waals surface area (Å²) in [5.74, 6) is 0. The lowest BCUT2D eigenvalue weighted by Crippen LogP contribution is -2.49. The maximum atomic E-state index is 11.9. The first-order chi connectivity index (χ1) is 9.09. The summed E-state index contributed by atoms with van der Waals surface area (Å²) in [7, 11) is 0. The van der Waals surface area contributed by atoms with E-state index in [9.17, 15) is 9.90 Å². The quantitative estimate of drug-likeness (QED) is 0.854. The van der Waals surface area contributed by atoms with Gasteiger partial charge in [0, 0.05) is 13.1 Å². The topological polar surface area (TPSA) is 61.8 Å². The Morgan fingerprint density at radius 2 is 2.00 bits per heavy atom. The van der Waals surface area contributed by atoms with Crippen molar-refractivity contribution in [2.24, 2.45) is 0 Å². The fourth-order valence-electron chi connectivity index (χ4n) is 2.03. The highest BCUT2D eigenvalue weighted by atomic mass is 16.5. The van der Waals surface area contributed by atoms with Crippen molar-refractivity contribution in [1.82, 2.24) is 10.2 Å². The molecule has 0 saturated carbocycles. The Morgan fingerprint density at radius 3 is 2.63 bits per heavy atom. The van der Waals surface area contributed by atoms with E-state index in [0.29, 0.717) is 26.3 Å². The number of rotatable bonds is 3. The predicted octanol–water partition coefficient (Wildman–Crippen LogP) is 0.936. The molecule has 1 saturated heterocycles. The highest BCUT2D eigenvalue weighted by Gasteiger charge is 2.25. The maximum Gasteiger partial charge on any atom is 0.317 e. The van der Waals surface area contributed by atoms with E-state index in [1.807, 2.05) is 30.3 Å². The number of nitrogens with one attached hydrogen (secondary N) is 1. The minimum atomic E-state index is -1.07. The predicted molar refractivity (Wildman–Crippen MR) is 71.8 cm³/mol. The van der Waals surface area contributed by atoms with Gasteiger partial charge in [-0.1, -0.05) is 30.3 Å². The SMILES string of the molecule is CC(O)(CNC(=O)N1CCOCC1)c1ccccc1. The molecule has 1 aliphatic heterocycles. The third kappa shape index (κ3) is 3.68. The number of carbonyl (C=O) groups is 1. The van der Waals surface area contributed by atoms with Gasteiger partial charge in [-0.05, 0) is 12.5 Å². The second-order valence-electron chi connectivity index (χ2n) is 4.90. The number of carbonyl (C=O) groups excluding carboxylic acids is 1. The van der Waals surface area contributed by atoms with Crippen LogP contribution >= 0.6 is 0 Å². The zero-order chi connectivity index (χ0) is 13.7. The summed E-state index contributed by atoms with van der Waals surface area (Å²) in [6.07, 6.45) is 0. The van der Waals surface area contributed by atoms with E-state index < -0.39 is 5.60 Å². The van der Waals surface area contributed by atoms with Crippen LogP contribution in [0.1, 0.15) is 12.5 Å². The van der Waals surface area contributed by atoms with Gasteiger partial charge in [0.1, 0.15) is 5.60 Å². The monoisotopic (exact) mass is 264 g/mol. The molecule has 0 bridgehead atoms. The molecule has 2 rings (SSSR count). The second-order valence-corrected chi connectivity index (χ2v) is 4.90. The largest absolute Gasteiger partial charge is 0.384 e. The van der Waals surface area contributed by atoms with Gasteiger partial charge in [0.25, 0.3) is 0 Å². The van der Waals surface area contributed by atoms with E-state index in [-0.39, 0.29) is 12.6 Å². The lowest BCUT2D eigenvalue weighted by Gasteiger charge is -2.29. The summed E-state index contributed by atoms with van der Waals surface area (Å²) < 4.78 is 5.19. The van der Waals surface area contributed by atoms with Crippen molar-refractivity contribution in [3.8, 4) is 0 Å². The third-order valence-electron chi connectivity index (χ3n) is 3.28. The average Bonchev–Trinajstić information content (AvgIpc) is 2.47. The van der Waals surface area contributed by atoms with Gasteiger partial charge >= 0.3 is 6.03 Å². The molecule has 1 heterocycles. The molecular formula is C14H20N2O3. The number of aliphatic hydroxyl groups is 1. The van der Waals surface area contributed by atoms with E-state index >= 15 is 0 Å². The van der Waals surface area contributed by atoms with Crippen LogP contribution in [-0.4, -0.2) is 48.9 Å². The van der Waals surface area contributed by atoms with Crippen LogP contribution in [0.2, 0.25) is 0 Å². The van der Waals surface area contributed by atoms with Gasteiger partial charge in [-0.25, -0.2) is 4.79 Å². The van der Waals surface area contributed by atoms with Crippen LogP contribution in [0.4, 0.5) is 4.79 Å². The van der Waals surface area contributed by atoms with Crippen LogP contribution in [-0.2, 0) is 10.3 Å². The minimum Gasteiger partial charge on any atom is -0.384 e. The fourth-order valence-corrected chi connectivity index (χ4v) is 2.03. The van der Waals surface area contributed by atoms with Gasteiger partial charge in [-0.15, -0.1) is 0 Å². The Labute approximate surface area is 113 Å². The molecule has 104 valence electrons. The molecule has 0 spiro atoms. The van der Waals surface area contributed by atoms with E-state index in [0.717, 1.165) is 5.56 Å². The first-order valence-corrected chi connectivity index (χ1v) is 6.48. The summed E-state index contributed by atoms with van der Waals surface area (Å²) in [6, 6.07) is 9.18. The van der Waals surface area contributed by atoms with Crippen LogP contribution in [0.15, 0.2) is 30.3 Å². The van der Waals surface area contributed by atoms with Crippen molar-refractivity contribution < 1.29 is 14.6 Å². The van der Waals surface area contributed by atoms with Crippen LogP contribution in [0, 0.1) is 0 Å². The number of nitrogens with zero attached hydrogens (tertiary/aromatic N) is 1. The smallest absolute Gasteiger partial charge is 0.317 e. The maximum absolute atomic E-state index is 11.9. The van der Waals surface area contributed by atoms with E-state index in [1.54, 1.807) is 11.8 Å². The molecule has 1 aromatic rings. The normalized spacial score (nSPS) is 18.7. The summed E-state index contributed by atoms with van der Waals surface area (Å²) in [4.78, 5) is 13.6. The van der Waals surface area contributed by atoms with Gasteiger partial charge in [0.2, 0.25) is 0 Å². The van der Waals surface area contributed by atoms with Gasteiger partial charge in [-0.2, -0.15) is 0 Å². The lowest BCUT2D eigenvalue weighted by atomic mass is 9.96. The summed E-state index contributed by atoms with van der Waals surface area (Å²) >= 11 is 0. The van der Waals surface area contributed by atoms with Crippen molar-refractivity contribution in [2.45, 2.75) is 12.5 Å². The first-order valence-electron chi connectivity index (χ1n) is 6.48. The fraction of sp³-hybridized carbons (Fsp3) is 0.500. The van der Waals surface area contributed by atoms with Crippen molar-refractivity contribution in [2.75, 3.05) is 32.8 Å². The molecule has 1 fully saturated rings. The van der Waals surface area contributed by atoms with Crippen molar-refractivity contribution in [1.29, 1.82) is 0 Å². The number of benzene rings is 1. The number of morpholine rings is 1. The highest BCUT2D eigenvalue weighted by molar-refractivity contribution is 5.74. The van der Waals surface area contributed by atoms with Crippen molar-refractivity contribution >= 4 is 6.03 Å². The molecule has 0 aliphatic carbocycles. The minimum absolute atomic E-state index is 0.153. The molecule has 0 radical (unpaired) electrons. The summed E-state index contributed by atoms with van der Waals surface area (Å²) in [5.41, 5.74) is -0.277. The number of hydrogen-bond donors (Lipinski definition) is 2. The first kappa shape index (κ1) is 13.8. The molecule has 1 atom stereocenters. The Hall–Kier alpha value is -1.59. The van der Waals surface area contributed by atoms with Gasteiger partial charge in [0.05, 0.1) is 19.8 Å². The zero-order valence-corrected chi connectivity index (χ0v) is 11.1. The molecule has 1 aromatic carbocycles. The van der Waals surface area contributed by atoms with Crippen LogP contribution in [0.3, 0.4) is 0 Å². The number of amides is 2. The molecule has 19 heavy (non-hydrogen) atoms. The van der Waals surface area contributed by atoms with Crippen molar-refractivity contribution in [3.63, 3.8) is 0 Å². The molecule has 5 nitrogen and oxygen atoms in total.